The summed E-state index contributed by atoms with van der Waals surface area (Å²) in [6.45, 7) is 0. The number of rotatable bonds is 1. The Labute approximate surface area is 51.9 Å². The second-order valence-corrected chi connectivity index (χ2v) is 4.86. The Morgan fingerprint density at radius 2 is 1.88 bits per heavy atom. The molecular weight excluding hydrogens is 150 g/mol. The highest BCUT2D eigenvalue weighted by Gasteiger charge is 2.11. The first kappa shape index (κ1) is 8.25. The standard InChI is InChI=1S/C2H7NO3S2/c1-3(2)7-8(4,5)6/h1-2H3,(H-,4,5,6)/p+1. The van der Waals surface area contributed by atoms with Crippen molar-refractivity contribution in [1.29, 1.82) is 0 Å². The summed E-state index contributed by atoms with van der Waals surface area (Å²) in [4.78, 5) is 0. The van der Waals surface area contributed by atoms with Gasteiger partial charge in [-0.25, -0.2) is 9.11 Å². The van der Waals surface area contributed by atoms with Crippen LogP contribution in [0.3, 0.4) is 0 Å². The summed E-state index contributed by atoms with van der Waals surface area (Å²) in [6.07, 6.45) is 0. The summed E-state index contributed by atoms with van der Waals surface area (Å²) in [7, 11) is -0.0145. The number of hydrogen-bond acceptors (Lipinski definition) is 1. The number of nitrogens with zero attached hydrogens (tertiary/aromatic N) is 1. The van der Waals surface area contributed by atoms with Gasteiger partial charge in [0.2, 0.25) is 0 Å². The molecule has 0 fully saturated rings. The second-order valence-electron chi connectivity index (χ2n) is 1.33. The van der Waals surface area contributed by atoms with Gasteiger partial charge in [-0.15, -0.1) is 0 Å². The lowest BCUT2D eigenvalue weighted by Gasteiger charge is -1.80. The van der Waals surface area contributed by atoms with Gasteiger partial charge in [0.15, 0.2) is 0 Å². The molecule has 0 bridgehead atoms. The van der Waals surface area contributed by atoms with E-state index in [0.29, 0.717) is 10.5 Å². The maximum atomic E-state index is 10.0. The first-order valence-corrected chi connectivity index (χ1v) is 4.54. The molecule has 0 aromatic carbocycles. The van der Waals surface area contributed by atoms with Crippen LogP contribution in [0.2, 0.25) is 0 Å². The van der Waals surface area contributed by atoms with Gasteiger partial charge in [0, 0.05) is 14.1 Å². The molecule has 0 aromatic rings. The van der Waals surface area contributed by atoms with Gasteiger partial charge in [-0.2, -0.15) is 4.21 Å². The SMILES string of the molecule is CN(C)[S+]=S(=O)(O)O. The van der Waals surface area contributed by atoms with Crippen LogP contribution in [0, 0.1) is 0 Å². The van der Waals surface area contributed by atoms with Crippen molar-refractivity contribution < 1.29 is 13.3 Å². The lowest BCUT2D eigenvalue weighted by atomic mass is 11.3. The van der Waals surface area contributed by atoms with E-state index in [1.807, 2.05) is 0 Å². The molecule has 0 aliphatic heterocycles. The third kappa shape index (κ3) is 6.25. The van der Waals surface area contributed by atoms with Crippen LogP contribution in [0.25, 0.3) is 0 Å². The highest BCUT2D eigenvalue weighted by Crippen LogP contribution is 1.78. The minimum atomic E-state index is -3.63. The Kier molecular flexibility index (Phi) is 2.78. The van der Waals surface area contributed by atoms with E-state index >= 15 is 0 Å². The van der Waals surface area contributed by atoms with E-state index in [-0.39, 0.29) is 0 Å². The van der Waals surface area contributed by atoms with E-state index in [1.165, 1.54) is 4.31 Å². The predicted molar refractivity (Wildman–Crippen MR) is 34.5 cm³/mol. The van der Waals surface area contributed by atoms with Crippen molar-refractivity contribution in [3.05, 3.63) is 0 Å². The molecule has 0 rings (SSSR count). The summed E-state index contributed by atoms with van der Waals surface area (Å²) in [5.41, 5.74) is 0. The van der Waals surface area contributed by atoms with Crippen molar-refractivity contribution in [2.75, 3.05) is 14.1 Å². The molecule has 0 aliphatic carbocycles. The molecule has 8 heavy (non-hydrogen) atoms. The van der Waals surface area contributed by atoms with Crippen LogP contribution in [0.1, 0.15) is 0 Å². The van der Waals surface area contributed by atoms with E-state index < -0.39 is 9.05 Å². The highest BCUT2D eigenvalue weighted by molar-refractivity contribution is 8.33. The highest BCUT2D eigenvalue weighted by atomic mass is 32.9. The summed E-state index contributed by atoms with van der Waals surface area (Å²) in [6, 6.07) is 0. The molecule has 0 saturated heterocycles. The van der Waals surface area contributed by atoms with Gasteiger partial charge in [0.25, 0.3) is 0 Å². The average Bonchev–Trinajstić information content (AvgIpc) is 1.21. The molecule has 2 N–H and O–H groups in total. The first-order chi connectivity index (χ1) is 3.42. The normalized spacial score (nSPS) is 12.1. The Morgan fingerprint density at radius 3 is 1.88 bits per heavy atom. The van der Waals surface area contributed by atoms with Crippen LogP contribution in [0.4, 0.5) is 0 Å². The molecule has 0 aliphatic rings. The van der Waals surface area contributed by atoms with Crippen molar-refractivity contribution in [3.8, 4) is 0 Å². The van der Waals surface area contributed by atoms with E-state index in [9.17, 15) is 4.21 Å². The molecule has 0 heterocycles. The van der Waals surface area contributed by atoms with E-state index in [0.717, 1.165) is 0 Å². The zero-order valence-electron chi connectivity index (χ0n) is 4.57. The Bertz CT molecular complexity index is 160. The van der Waals surface area contributed by atoms with E-state index in [4.69, 9.17) is 9.11 Å². The Morgan fingerprint density at radius 1 is 1.50 bits per heavy atom. The quantitative estimate of drug-likeness (QED) is 0.406. The largest absolute Gasteiger partial charge is 0.455 e. The first-order valence-electron chi connectivity index (χ1n) is 1.78. The molecule has 0 saturated carbocycles. The minimum absolute atomic E-state index is 0.484. The smallest absolute Gasteiger partial charge is 0.249 e. The van der Waals surface area contributed by atoms with Crippen LogP contribution in [-0.4, -0.2) is 31.7 Å². The van der Waals surface area contributed by atoms with Crippen LogP contribution in [0.5, 0.6) is 0 Å². The fraction of sp³-hybridized carbons (Fsp3) is 1.00. The molecule has 0 aromatic heterocycles. The van der Waals surface area contributed by atoms with Crippen LogP contribution in [-0.2, 0) is 19.6 Å². The van der Waals surface area contributed by atoms with Crippen molar-refractivity contribution >= 4 is 19.6 Å². The molecule has 0 spiro atoms. The second kappa shape index (κ2) is 2.70. The minimum Gasteiger partial charge on any atom is -0.249 e. The van der Waals surface area contributed by atoms with Crippen molar-refractivity contribution in [3.63, 3.8) is 0 Å². The monoisotopic (exact) mass is 158 g/mol. The van der Waals surface area contributed by atoms with Crippen LogP contribution >= 0.6 is 0 Å². The Hall–Kier alpha value is 0.250. The fourth-order valence-corrected chi connectivity index (χ4v) is 1.75. The van der Waals surface area contributed by atoms with Gasteiger partial charge >= 0.3 is 19.6 Å². The van der Waals surface area contributed by atoms with Crippen LogP contribution < -0.4 is 0 Å². The van der Waals surface area contributed by atoms with E-state index in [1.54, 1.807) is 14.1 Å². The topological polar surface area (TPSA) is 60.8 Å². The van der Waals surface area contributed by atoms with Gasteiger partial charge in [-0.05, 0) is 0 Å². The van der Waals surface area contributed by atoms with Crippen molar-refractivity contribution in [2.24, 2.45) is 0 Å². The zero-order chi connectivity index (χ0) is 6.78. The molecule has 0 radical (unpaired) electrons. The van der Waals surface area contributed by atoms with Gasteiger partial charge in [0.05, 0.1) is 0 Å². The summed E-state index contributed by atoms with van der Waals surface area (Å²) < 4.78 is 27.8. The zero-order valence-corrected chi connectivity index (χ0v) is 6.20. The Balaban J connectivity index is 4.19. The molecule has 6 heteroatoms. The molecule has 0 unspecified atom stereocenters. The predicted octanol–water partition coefficient (Wildman–Crippen LogP) is -0.309. The summed E-state index contributed by atoms with van der Waals surface area (Å²) >= 11 is 0. The summed E-state index contributed by atoms with van der Waals surface area (Å²) in [5.74, 6) is 0. The molecule has 0 atom stereocenters. The fourth-order valence-electron chi connectivity index (χ4n) is 0.194. The third-order valence-corrected chi connectivity index (χ3v) is 2.22. The van der Waals surface area contributed by atoms with Crippen molar-refractivity contribution in [2.45, 2.75) is 0 Å². The molecular formula is C2H8NO3S2+. The lowest BCUT2D eigenvalue weighted by Crippen LogP contribution is -2.10. The van der Waals surface area contributed by atoms with E-state index in [2.05, 4.69) is 0 Å². The maximum absolute atomic E-state index is 10.0. The third-order valence-electron chi connectivity index (χ3n) is 0.246. The lowest BCUT2D eigenvalue weighted by molar-refractivity contribution is 0.449. The van der Waals surface area contributed by atoms with Gasteiger partial charge < -0.3 is 0 Å². The molecule has 4 nitrogen and oxygen atoms in total. The molecule has 0 amide bonds. The average molecular weight is 158 g/mol. The maximum Gasteiger partial charge on any atom is 0.455 e. The number of hydrogen-bond donors (Lipinski definition) is 2. The molecule has 50 valence electrons. The van der Waals surface area contributed by atoms with Gasteiger partial charge in [0.1, 0.15) is 0 Å². The van der Waals surface area contributed by atoms with Gasteiger partial charge in [-0.1, -0.05) is 4.31 Å². The van der Waals surface area contributed by atoms with Crippen molar-refractivity contribution in [1.82, 2.24) is 4.31 Å². The van der Waals surface area contributed by atoms with Crippen LogP contribution in [0.15, 0.2) is 0 Å². The summed E-state index contributed by atoms with van der Waals surface area (Å²) in [5, 5.41) is 0. The van der Waals surface area contributed by atoms with Gasteiger partial charge in [-0.3, -0.25) is 0 Å².